The van der Waals surface area contributed by atoms with Crippen molar-refractivity contribution in [3.8, 4) is 0 Å². The second kappa shape index (κ2) is 5.03. The van der Waals surface area contributed by atoms with Crippen molar-refractivity contribution in [2.24, 2.45) is 0 Å². The van der Waals surface area contributed by atoms with Crippen LogP contribution in [0.2, 0.25) is 0 Å². The van der Waals surface area contributed by atoms with Crippen LogP contribution >= 0.6 is 0 Å². The van der Waals surface area contributed by atoms with Crippen molar-refractivity contribution in [1.29, 1.82) is 0 Å². The highest BCUT2D eigenvalue weighted by atomic mass is 16.5. The zero-order valence-corrected chi connectivity index (χ0v) is 11.6. The van der Waals surface area contributed by atoms with E-state index in [1.54, 1.807) is 18.5 Å². The van der Waals surface area contributed by atoms with Gasteiger partial charge < -0.3 is 15.2 Å². The van der Waals surface area contributed by atoms with Crippen LogP contribution in [0.25, 0.3) is 11.4 Å². The number of allylic oxidation sites excluding steroid dienone is 4. The largest absolute Gasteiger partial charge is 0.465 e. The molecule has 3 heterocycles. The summed E-state index contributed by atoms with van der Waals surface area (Å²) in [5, 5.41) is 4.13. The summed E-state index contributed by atoms with van der Waals surface area (Å²) in [5.74, 6) is 1.80. The molecule has 2 aromatic heterocycles. The van der Waals surface area contributed by atoms with Crippen LogP contribution in [-0.2, 0) is 9.47 Å². The molecule has 0 amide bonds. The molecule has 22 heavy (non-hydrogen) atoms. The smallest absolute Gasteiger partial charge is 0.240 e. The number of ether oxygens (including phenoxy) is 2. The van der Waals surface area contributed by atoms with E-state index < -0.39 is 0 Å². The Morgan fingerprint density at radius 1 is 1.23 bits per heavy atom. The summed E-state index contributed by atoms with van der Waals surface area (Å²) < 4.78 is 12.9. The van der Waals surface area contributed by atoms with E-state index in [-0.39, 0.29) is 5.95 Å². The highest BCUT2D eigenvalue weighted by Crippen LogP contribution is 2.29. The normalized spacial score (nSPS) is 17.4. The predicted molar refractivity (Wildman–Crippen MR) is 79.9 cm³/mol. The first-order valence-electron chi connectivity index (χ1n) is 6.88. The van der Waals surface area contributed by atoms with Crippen molar-refractivity contribution < 1.29 is 9.47 Å². The molecular formula is C15H13N5O2. The van der Waals surface area contributed by atoms with Gasteiger partial charge in [-0.05, 0) is 18.4 Å². The molecule has 7 heteroatoms. The minimum absolute atomic E-state index is 0.183. The van der Waals surface area contributed by atoms with E-state index in [9.17, 15) is 0 Å². The summed E-state index contributed by atoms with van der Waals surface area (Å²) in [7, 11) is 0. The fourth-order valence-corrected chi connectivity index (χ4v) is 2.37. The Bertz CT molecular complexity index is 860. The summed E-state index contributed by atoms with van der Waals surface area (Å²) in [6, 6.07) is 1.72. The number of nitrogens with two attached hydrogens (primary N) is 1. The zero-order valence-electron chi connectivity index (χ0n) is 11.6. The minimum atomic E-state index is 0.183. The van der Waals surface area contributed by atoms with Crippen molar-refractivity contribution in [1.82, 2.24) is 19.6 Å². The molecule has 1 aliphatic carbocycles. The summed E-state index contributed by atoms with van der Waals surface area (Å²) in [6.45, 7) is 0. The monoisotopic (exact) mass is 295 g/mol. The molecule has 110 valence electrons. The van der Waals surface area contributed by atoms with E-state index in [2.05, 4.69) is 21.1 Å². The van der Waals surface area contributed by atoms with Gasteiger partial charge in [0.2, 0.25) is 17.5 Å². The van der Waals surface area contributed by atoms with Gasteiger partial charge in [0.1, 0.15) is 12.5 Å². The molecule has 2 aliphatic rings. The molecule has 0 fully saturated rings. The highest BCUT2D eigenvalue weighted by molar-refractivity contribution is 5.58. The quantitative estimate of drug-likeness (QED) is 0.913. The van der Waals surface area contributed by atoms with Crippen molar-refractivity contribution in [3.63, 3.8) is 0 Å². The first-order chi connectivity index (χ1) is 10.8. The Balaban J connectivity index is 1.69. The lowest BCUT2D eigenvalue weighted by atomic mass is 10.0. The molecule has 4 rings (SSSR count). The van der Waals surface area contributed by atoms with Crippen LogP contribution in [0.4, 0.5) is 5.95 Å². The SMILES string of the molecule is Nc1nc2ccnc(C3=COC=C(C4=CC=CCC4)O3)n2n1. The third-order valence-electron chi connectivity index (χ3n) is 3.39. The van der Waals surface area contributed by atoms with Gasteiger partial charge in [-0.1, -0.05) is 18.2 Å². The molecule has 0 atom stereocenters. The molecule has 0 radical (unpaired) electrons. The van der Waals surface area contributed by atoms with Crippen molar-refractivity contribution in [2.45, 2.75) is 12.8 Å². The second-order valence-corrected chi connectivity index (χ2v) is 4.87. The maximum absolute atomic E-state index is 5.93. The van der Waals surface area contributed by atoms with Gasteiger partial charge in [-0.2, -0.15) is 9.50 Å². The van der Waals surface area contributed by atoms with Gasteiger partial charge >= 0.3 is 0 Å². The number of fused-ring (bicyclic) bond motifs is 1. The Morgan fingerprint density at radius 3 is 3.00 bits per heavy atom. The Labute approximate surface area is 126 Å². The van der Waals surface area contributed by atoms with E-state index >= 15 is 0 Å². The number of aromatic nitrogens is 4. The van der Waals surface area contributed by atoms with Gasteiger partial charge in [0.25, 0.3) is 0 Å². The predicted octanol–water partition coefficient (Wildman–Crippen LogP) is 2.17. The Morgan fingerprint density at radius 2 is 2.14 bits per heavy atom. The third-order valence-corrected chi connectivity index (χ3v) is 3.39. The molecule has 2 N–H and O–H groups in total. The number of rotatable bonds is 2. The van der Waals surface area contributed by atoms with Gasteiger partial charge in [0.05, 0.1) is 0 Å². The van der Waals surface area contributed by atoms with Crippen LogP contribution < -0.4 is 5.73 Å². The molecule has 2 aromatic rings. The number of nitrogens with zero attached hydrogens (tertiary/aromatic N) is 4. The lowest BCUT2D eigenvalue weighted by molar-refractivity contribution is 0.282. The van der Waals surface area contributed by atoms with Crippen LogP contribution in [-0.4, -0.2) is 19.6 Å². The number of anilines is 1. The number of hydrogen-bond donors (Lipinski definition) is 1. The molecule has 7 nitrogen and oxygen atoms in total. The van der Waals surface area contributed by atoms with E-state index in [0.717, 1.165) is 18.4 Å². The van der Waals surface area contributed by atoms with Crippen molar-refractivity contribution in [3.05, 3.63) is 60.2 Å². The maximum atomic E-state index is 5.93. The third kappa shape index (κ3) is 2.12. The number of hydrogen-bond acceptors (Lipinski definition) is 6. The van der Waals surface area contributed by atoms with Crippen LogP contribution in [0.5, 0.6) is 0 Å². The first-order valence-corrected chi connectivity index (χ1v) is 6.88. The topological polar surface area (TPSA) is 87.6 Å². The van der Waals surface area contributed by atoms with Crippen LogP contribution in [0, 0.1) is 0 Å². The lowest BCUT2D eigenvalue weighted by Crippen LogP contribution is -2.08. The summed E-state index contributed by atoms with van der Waals surface area (Å²) in [5.41, 5.74) is 7.32. The van der Waals surface area contributed by atoms with Crippen LogP contribution in [0.1, 0.15) is 18.7 Å². The average Bonchev–Trinajstić information content (AvgIpc) is 2.96. The molecule has 0 saturated carbocycles. The lowest BCUT2D eigenvalue weighted by Gasteiger charge is -2.19. The summed E-state index contributed by atoms with van der Waals surface area (Å²) in [4.78, 5) is 8.40. The van der Waals surface area contributed by atoms with E-state index in [1.165, 1.54) is 10.8 Å². The van der Waals surface area contributed by atoms with Gasteiger partial charge in [-0.15, -0.1) is 5.10 Å². The maximum Gasteiger partial charge on any atom is 0.240 e. The molecule has 0 unspecified atom stereocenters. The van der Waals surface area contributed by atoms with Gasteiger partial charge in [-0.3, -0.25) is 0 Å². The summed E-state index contributed by atoms with van der Waals surface area (Å²) >= 11 is 0. The van der Waals surface area contributed by atoms with E-state index in [0.29, 0.717) is 23.0 Å². The molecule has 0 bridgehead atoms. The zero-order chi connectivity index (χ0) is 14.9. The molecule has 0 aromatic carbocycles. The number of nitrogen functional groups attached to an aromatic ring is 1. The Hall–Kier alpha value is -3.09. The molecule has 0 saturated heterocycles. The van der Waals surface area contributed by atoms with Gasteiger partial charge in [0, 0.05) is 12.3 Å². The van der Waals surface area contributed by atoms with Crippen LogP contribution in [0.15, 0.2) is 54.3 Å². The highest BCUT2D eigenvalue weighted by Gasteiger charge is 2.20. The van der Waals surface area contributed by atoms with Gasteiger partial charge in [-0.25, -0.2) is 4.98 Å². The molecule has 1 aliphatic heterocycles. The van der Waals surface area contributed by atoms with E-state index in [4.69, 9.17) is 15.2 Å². The van der Waals surface area contributed by atoms with Crippen LogP contribution in [0.3, 0.4) is 0 Å². The van der Waals surface area contributed by atoms with Crippen molar-refractivity contribution >= 4 is 17.4 Å². The van der Waals surface area contributed by atoms with Crippen molar-refractivity contribution in [2.75, 3.05) is 5.73 Å². The Kier molecular flexibility index (Phi) is 2.89. The average molecular weight is 295 g/mol. The van der Waals surface area contributed by atoms with E-state index in [1.807, 2.05) is 12.2 Å². The minimum Gasteiger partial charge on any atom is -0.465 e. The fraction of sp³-hybridized carbons (Fsp3) is 0.133. The fourth-order valence-electron chi connectivity index (χ4n) is 2.37. The summed E-state index contributed by atoms with van der Waals surface area (Å²) in [6.07, 6.45) is 12.7. The standard InChI is InChI=1S/C15H13N5O2/c16-15-18-13-6-7-17-14(20(13)19-15)12-9-21-8-11(22-12)10-4-2-1-3-5-10/h1-2,4,6-9H,3,5H2,(H2,16,19). The molecular weight excluding hydrogens is 282 g/mol. The van der Waals surface area contributed by atoms with Gasteiger partial charge in [0.15, 0.2) is 11.4 Å². The molecule has 0 spiro atoms. The first kappa shape index (κ1) is 12.6. The second-order valence-electron chi connectivity index (χ2n) is 4.87.